The topological polar surface area (TPSA) is 72.9 Å². The molecule has 0 heterocycles. The number of rotatable bonds is 8. The van der Waals surface area contributed by atoms with Crippen LogP contribution in [0.5, 0.6) is 0 Å². The average Bonchev–Trinajstić information content (AvgIpc) is 2.37. The lowest BCUT2D eigenvalue weighted by Gasteiger charge is -2.20. The van der Waals surface area contributed by atoms with Gasteiger partial charge in [-0.3, -0.25) is 0 Å². The molecule has 20 heavy (non-hydrogen) atoms. The van der Waals surface area contributed by atoms with Crippen molar-refractivity contribution in [2.75, 3.05) is 34.2 Å². The molecular weight excluding hydrogens is 278 g/mol. The second-order valence-electron chi connectivity index (χ2n) is 5.01. The molecule has 0 saturated carbocycles. The molecule has 0 fully saturated rings. The third-order valence-corrected chi connectivity index (χ3v) is 4.22. The molecule has 1 atom stereocenters. The molecular formula is C13H23N3O3S. The van der Waals surface area contributed by atoms with Crippen LogP contribution in [0.3, 0.4) is 0 Å². The highest BCUT2D eigenvalue weighted by Gasteiger charge is 2.19. The zero-order valence-corrected chi connectivity index (χ0v) is 13.0. The third kappa shape index (κ3) is 5.98. The third-order valence-electron chi connectivity index (χ3n) is 2.74. The van der Waals surface area contributed by atoms with Gasteiger partial charge in [0.25, 0.3) is 10.2 Å². The van der Waals surface area contributed by atoms with E-state index in [1.54, 1.807) is 4.90 Å². The van der Waals surface area contributed by atoms with Gasteiger partial charge in [0.05, 0.1) is 6.10 Å². The van der Waals surface area contributed by atoms with Gasteiger partial charge in [-0.15, -0.1) is 0 Å². The van der Waals surface area contributed by atoms with Crippen LogP contribution in [0.1, 0.15) is 5.56 Å². The molecule has 0 spiro atoms. The number of hydrogen-bond acceptors (Lipinski definition) is 4. The summed E-state index contributed by atoms with van der Waals surface area (Å²) < 4.78 is 27.7. The Balaban J connectivity index is 2.51. The first-order chi connectivity index (χ1) is 9.31. The quantitative estimate of drug-likeness (QED) is 0.702. The van der Waals surface area contributed by atoms with Gasteiger partial charge in [0, 0.05) is 26.7 Å². The molecule has 6 nitrogen and oxygen atoms in total. The highest BCUT2D eigenvalue weighted by Crippen LogP contribution is 2.05. The molecule has 0 aromatic heterocycles. The zero-order valence-electron chi connectivity index (χ0n) is 12.2. The van der Waals surface area contributed by atoms with E-state index >= 15 is 0 Å². The van der Waals surface area contributed by atoms with Crippen molar-refractivity contribution in [3.63, 3.8) is 0 Å². The lowest BCUT2D eigenvalue weighted by Crippen LogP contribution is -2.43. The molecule has 114 valence electrons. The van der Waals surface area contributed by atoms with Gasteiger partial charge in [-0.25, -0.2) is 0 Å². The fraction of sp³-hybridized carbons (Fsp3) is 0.538. The summed E-state index contributed by atoms with van der Waals surface area (Å²) >= 11 is 0. The van der Waals surface area contributed by atoms with Crippen LogP contribution in [0.15, 0.2) is 30.3 Å². The standard InChI is InChI=1S/C13H23N3O3S/c1-15(2)11-13(17)9-14-20(18,19)16(3)10-12-7-5-4-6-8-12/h4-8,13-14,17H,9-11H2,1-3H3/t13-/m0/s1. The van der Waals surface area contributed by atoms with E-state index < -0.39 is 16.3 Å². The van der Waals surface area contributed by atoms with E-state index in [1.165, 1.54) is 11.4 Å². The summed E-state index contributed by atoms with van der Waals surface area (Å²) in [5.74, 6) is 0. The van der Waals surface area contributed by atoms with Crippen LogP contribution in [-0.2, 0) is 16.8 Å². The van der Waals surface area contributed by atoms with E-state index in [-0.39, 0.29) is 6.54 Å². The van der Waals surface area contributed by atoms with E-state index in [9.17, 15) is 13.5 Å². The van der Waals surface area contributed by atoms with Crippen molar-refractivity contribution >= 4 is 10.2 Å². The molecule has 1 aromatic carbocycles. The molecule has 1 aromatic rings. The first-order valence-corrected chi connectivity index (χ1v) is 7.83. The number of aliphatic hydroxyl groups is 1. The largest absolute Gasteiger partial charge is 0.390 e. The molecule has 1 rings (SSSR count). The Morgan fingerprint density at radius 1 is 1.20 bits per heavy atom. The molecule has 0 bridgehead atoms. The number of likely N-dealkylation sites (N-methyl/N-ethyl adjacent to an activating group) is 1. The Bertz CT molecular complexity index is 491. The SMILES string of the molecule is CN(C)C[C@@H](O)CNS(=O)(=O)N(C)Cc1ccccc1. The van der Waals surface area contributed by atoms with Crippen molar-refractivity contribution < 1.29 is 13.5 Å². The Morgan fingerprint density at radius 3 is 2.35 bits per heavy atom. The maximum atomic E-state index is 12.0. The van der Waals surface area contributed by atoms with Crippen LogP contribution in [0, 0.1) is 0 Å². The minimum absolute atomic E-state index is 0.000354. The van der Waals surface area contributed by atoms with E-state index in [1.807, 2.05) is 44.4 Å². The van der Waals surface area contributed by atoms with Crippen molar-refractivity contribution in [1.82, 2.24) is 13.9 Å². The minimum atomic E-state index is -3.58. The lowest BCUT2D eigenvalue weighted by molar-refractivity contribution is 0.140. The van der Waals surface area contributed by atoms with Gasteiger partial charge in [0.1, 0.15) is 0 Å². The van der Waals surface area contributed by atoms with Gasteiger partial charge in [0.15, 0.2) is 0 Å². The Morgan fingerprint density at radius 2 is 1.80 bits per heavy atom. The van der Waals surface area contributed by atoms with Crippen LogP contribution in [-0.4, -0.2) is 63.1 Å². The molecule has 0 saturated heterocycles. The predicted molar refractivity (Wildman–Crippen MR) is 79.4 cm³/mol. The van der Waals surface area contributed by atoms with Crippen LogP contribution < -0.4 is 4.72 Å². The van der Waals surface area contributed by atoms with Crippen LogP contribution in [0.2, 0.25) is 0 Å². The minimum Gasteiger partial charge on any atom is -0.390 e. The Labute approximate surface area is 121 Å². The molecule has 0 aliphatic rings. The Kier molecular flexibility index (Phi) is 6.57. The fourth-order valence-corrected chi connectivity index (χ4v) is 2.67. The summed E-state index contributed by atoms with van der Waals surface area (Å²) in [6.45, 7) is 0.699. The fourth-order valence-electron chi connectivity index (χ4n) is 1.72. The maximum Gasteiger partial charge on any atom is 0.279 e. The molecule has 0 aliphatic heterocycles. The number of benzene rings is 1. The van der Waals surface area contributed by atoms with Crippen LogP contribution in [0.25, 0.3) is 0 Å². The number of nitrogens with zero attached hydrogens (tertiary/aromatic N) is 2. The van der Waals surface area contributed by atoms with Crippen molar-refractivity contribution in [2.45, 2.75) is 12.6 Å². The first kappa shape index (κ1) is 17.1. The van der Waals surface area contributed by atoms with Gasteiger partial charge in [-0.1, -0.05) is 30.3 Å². The van der Waals surface area contributed by atoms with Crippen molar-refractivity contribution in [1.29, 1.82) is 0 Å². The molecule has 0 amide bonds. The normalized spacial score (nSPS) is 13.9. The Hall–Kier alpha value is -0.990. The number of aliphatic hydroxyl groups excluding tert-OH is 1. The van der Waals surface area contributed by atoms with Crippen LogP contribution in [0.4, 0.5) is 0 Å². The number of nitrogens with one attached hydrogen (secondary N) is 1. The average molecular weight is 301 g/mol. The number of hydrogen-bond donors (Lipinski definition) is 2. The van der Waals surface area contributed by atoms with Crippen molar-refractivity contribution in [2.24, 2.45) is 0 Å². The summed E-state index contributed by atoms with van der Waals surface area (Å²) in [4.78, 5) is 1.80. The second-order valence-corrected chi connectivity index (χ2v) is 6.87. The zero-order chi connectivity index (χ0) is 15.2. The van der Waals surface area contributed by atoms with E-state index in [0.29, 0.717) is 13.1 Å². The monoisotopic (exact) mass is 301 g/mol. The van der Waals surface area contributed by atoms with Gasteiger partial charge in [-0.2, -0.15) is 17.4 Å². The van der Waals surface area contributed by atoms with E-state index in [4.69, 9.17) is 0 Å². The molecule has 0 unspecified atom stereocenters. The van der Waals surface area contributed by atoms with Crippen LogP contribution >= 0.6 is 0 Å². The van der Waals surface area contributed by atoms with Gasteiger partial charge >= 0.3 is 0 Å². The van der Waals surface area contributed by atoms with Gasteiger partial charge in [0.2, 0.25) is 0 Å². The highest BCUT2D eigenvalue weighted by molar-refractivity contribution is 7.87. The predicted octanol–water partition coefficient (Wildman–Crippen LogP) is -0.125. The lowest BCUT2D eigenvalue weighted by atomic mass is 10.2. The highest BCUT2D eigenvalue weighted by atomic mass is 32.2. The van der Waals surface area contributed by atoms with Gasteiger partial charge in [-0.05, 0) is 19.7 Å². The van der Waals surface area contributed by atoms with E-state index in [2.05, 4.69) is 4.72 Å². The first-order valence-electron chi connectivity index (χ1n) is 6.39. The summed E-state index contributed by atoms with van der Waals surface area (Å²) in [5.41, 5.74) is 0.911. The van der Waals surface area contributed by atoms with Crippen molar-refractivity contribution in [3.05, 3.63) is 35.9 Å². The summed E-state index contributed by atoms with van der Waals surface area (Å²) in [6, 6.07) is 9.35. The molecule has 7 heteroatoms. The second kappa shape index (κ2) is 7.70. The molecule has 0 radical (unpaired) electrons. The van der Waals surface area contributed by atoms with Crippen molar-refractivity contribution in [3.8, 4) is 0 Å². The molecule has 0 aliphatic carbocycles. The molecule has 2 N–H and O–H groups in total. The maximum absolute atomic E-state index is 12.0. The summed E-state index contributed by atoms with van der Waals surface area (Å²) in [7, 11) is 1.56. The summed E-state index contributed by atoms with van der Waals surface area (Å²) in [6.07, 6.45) is -0.732. The van der Waals surface area contributed by atoms with E-state index in [0.717, 1.165) is 5.56 Å². The van der Waals surface area contributed by atoms with Gasteiger partial charge < -0.3 is 10.0 Å². The smallest absolute Gasteiger partial charge is 0.279 e. The summed E-state index contributed by atoms with van der Waals surface area (Å²) in [5, 5.41) is 9.67.